The van der Waals surface area contributed by atoms with Gasteiger partial charge in [0, 0.05) is 18.4 Å². The second-order valence-corrected chi connectivity index (χ2v) is 5.44. The molecule has 3 aromatic rings. The van der Waals surface area contributed by atoms with Gasteiger partial charge < -0.3 is 15.0 Å². The van der Waals surface area contributed by atoms with Crippen LogP contribution in [0.3, 0.4) is 0 Å². The highest BCUT2D eigenvalue weighted by Gasteiger charge is 2.16. The van der Waals surface area contributed by atoms with Gasteiger partial charge in [-0.15, -0.1) is 0 Å². The van der Waals surface area contributed by atoms with Crippen molar-refractivity contribution in [2.75, 3.05) is 6.54 Å². The quantitative estimate of drug-likeness (QED) is 0.754. The molecular weight excluding hydrogens is 262 g/mol. The molecule has 1 aliphatic heterocycles. The average Bonchev–Trinajstić information content (AvgIpc) is 2.98. The van der Waals surface area contributed by atoms with Gasteiger partial charge in [-0.1, -0.05) is 6.07 Å². The maximum absolute atomic E-state index is 6.08. The third-order valence-electron chi connectivity index (χ3n) is 4.08. The number of fused-ring (bicyclic) bond motifs is 2. The summed E-state index contributed by atoms with van der Waals surface area (Å²) in [7, 11) is 0. The number of pyridine rings is 1. The van der Waals surface area contributed by atoms with E-state index in [0.717, 1.165) is 35.5 Å². The first-order valence-electron chi connectivity index (χ1n) is 7.27. The van der Waals surface area contributed by atoms with Gasteiger partial charge in [0.15, 0.2) is 0 Å². The number of nitrogens with one attached hydrogen (secondary N) is 2. The van der Waals surface area contributed by atoms with Crippen LogP contribution in [0.5, 0.6) is 11.5 Å². The third kappa shape index (κ3) is 2.17. The first kappa shape index (κ1) is 12.4. The highest BCUT2D eigenvalue weighted by Crippen LogP contribution is 2.32. The van der Waals surface area contributed by atoms with Gasteiger partial charge in [0.1, 0.15) is 17.1 Å². The van der Waals surface area contributed by atoms with Crippen molar-refractivity contribution in [3.8, 4) is 11.5 Å². The van der Waals surface area contributed by atoms with E-state index in [0.29, 0.717) is 6.04 Å². The molecule has 4 rings (SSSR count). The summed E-state index contributed by atoms with van der Waals surface area (Å²) in [5, 5.41) is 4.49. The van der Waals surface area contributed by atoms with Crippen molar-refractivity contribution in [3.05, 3.63) is 53.9 Å². The number of hydrogen-bond acceptors (Lipinski definition) is 3. The van der Waals surface area contributed by atoms with Gasteiger partial charge in [-0.3, -0.25) is 0 Å². The van der Waals surface area contributed by atoms with E-state index in [1.807, 2.05) is 18.3 Å². The standard InChI is InChI=1S/C17H17N3O/c1-11-15-10-13(3-2-12(15)4-7-18-11)21-16-6-9-20-17-14(16)5-8-19-17/h2-3,5-6,8-11,18H,4,7H2,1H3,(H,19,20). The lowest BCUT2D eigenvalue weighted by Gasteiger charge is -2.24. The zero-order chi connectivity index (χ0) is 14.2. The van der Waals surface area contributed by atoms with Crippen LogP contribution in [0.2, 0.25) is 0 Å². The summed E-state index contributed by atoms with van der Waals surface area (Å²) in [6.45, 7) is 3.24. The van der Waals surface area contributed by atoms with Crippen LogP contribution in [-0.2, 0) is 6.42 Å². The Morgan fingerprint density at radius 3 is 3.14 bits per heavy atom. The topological polar surface area (TPSA) is 49.9 Å². The average molecular weight is 279 g/mol. The predicted molar refractivity (Wildman–Crippen MR) is 82.7 cm³/mol. The predicted octanol–water partition coefficient (Wildman–Crippen LogP) is 3.56. The Morgan fingerprint density at radius 1 is 1.24 bits per heavy atom. The van der Waals surface area contributed by atoms with Crippen LogP contribution >= 0.6 is 0 Å². The number of hydrogen-bond donors (Lipinski definition) is 2. The lowest BCUT2D eigenvalue weighted by Crippen LogP contribution is -2.27. The second kappa shape index (κ2) is 4.90. The number of nitrogens with zero attached hydrogens (tertiary/aromatic N) is 1. The fraction of sp³-hybridized carbons (Fsp3) is 0.235. The third-order valence-corrected chi connectivity index (χ3v) is 4.08. The van der Waals surface area contributed by atoms with Crippen molar-refractivity contribution in [1.29, 1.82) is 0 Å². The lowest BCUT2D eigenvalue weighted by atomic mass is 9.95. The van der Waals surface area contributed by atoms with Crippen molar-refractivity contribution in [2.45, 2.75) is 19.4 Å². The highest BCUT2D eigenvalue weighted by atomic mass is 16.5. The maximum Gasteiger partial charge on any atom is 0.140 e. The summed E-state index contributed by atoms with van der Waals surface area (Å²) >= 11 is 0. The number of aromatic amines is 1. The van der Waals surface area contributed by atoms with Gasteiger partial charge in [0.25, 0.3) is 0 Å². The van der Waals surface area contributed by atoms with Crippen LogP contribution in [0.1, 0.15) is 24.1 Å². The fourth-order valence-corrected chi connectivity index (χ4v) is 2.95. The monoisotopic (exact) mass is 279 g/mol. The lowest BCUT2D eigenvalue weighted by molar-refractivity contribution is 0.480. The first-order chi connectivity index (χ1) is 10.3. The molecule has 2 aromatic heterocycles. The van der Waals surface area contributed by atoms with Gasteiger partial charge in [-0.25, -0.2) is 4.98 Å². The Kier molecular flexibility index (Phi) is 2.89. The molecule has 0 spiro atoms. The molecule has 1 unspecified atom stereocenters. The van der Waals surface area contributed by atoms with E-state index in [1.165, 1.54) is 11.1 Å². The molecule has 0 saturated heterocycles. The number of aromatic nitrogens is 2. The molecule has 1 aromatic carbocycles. The Labute approximate surface area is 123 Å². The number of H-pyrrole nitrogens is 1. The van der Waals surface area contributed by atoms with Gasteiger partial charge in [0.2, 0.25) is 0 Å². The molecule has 21 heavy (non-hydrogen) atoms. The molecule has 4 nitrogen and oxygen atoms in total. The van der Waals surface area contributed by atoms with E-state index >= 15 is 0 Å². The number of rotatable bonds is 2. The van der Waals surface area contributed by atoms with Crippen LogP contribution in [0.4, 0.5) is 0 Å². The summed E-state index contributed by atoms with van der Waals surface area (Å²) < 4.78 is 6.08. The molecule has 3 heterocycles. The summed E-state index contributed by atoms with van der Waals surface area (Å²) in [5.74, 6) is 1.70. The van der Waals surface area contributed by atoms with Crippen LogP contribution in [-0.4, -0.2) is 16.5 Å². The van der Waals surface area contributed by atoms with Crippen LogP contribution in [0, 0.1) is 0 Å². The maximum atomic E-state index is 6.08. The summed E-state index contributed by atoms with van der Waals surface area (Å²) in [6.07, 6.45) is 4.72. The van der Waals surface area contributed by atoms with Crippen LogP contribution in [0.15, 0.2) is 42.7 Å². The molecule has 106 valence electrons. The summed E-state index contributed by atoms with van der Waals surface area (Å²) in [4.78, 5) is 7.38. The molecule has 0 saturated carbocycles. The van der Waals surface area contributed by atoms with Crippen LogP contribution < -0.4 is 10.1 Å². The van der Waals surface area contributed by atoms with Crippen molar-refractivity contribution in [3.63, 3.8) is 0 Å². The normalized spacial score (nSPS) is 17.7. The zero-order valence-corrected chi connectivity index (χ0v) is 11.9. The fourth-order valence-electron chi connectivity index (χ4n) is 2.95. The molecule has 0 amide bonds. The SMILES string of the molecule is CC1NCCc2ccc(Oc3ccnc4[nH]ccc34)cc21. The molecule has 0 aliphatic carbocycles. The van der Waals surface area contributed by atoms with E-state index in [4.69, 9.17) is 4.74 Å². The van der Waals surface area contributed by atoms with Gasteiger partial charge in [-0.2, -0.15) is 0 Å². The molecule has 0 fully saturated rings. The molecule has 0 bridgehead atoms. The largest absolute Gasteiger partial charge is 0.457 e. The smallest absolute Gasteiger partial charge is 0.140 e. The highest BCUT2D eigenvalue weighted by molar-refractivity contribution is 5.82. The summed E-state index contributed by atoms with van der Waals surface area (Å²) in [6, 6.07) is 10.6. The summed E-state index contributed by atoms with van der Waals surface area (Å²) in [5.41, 5.74) is 3.59. The second-order valence-electron chi connectivity index (χ2n) is 5.44. The Hall–Kier alpha value is -2.33. The Bertz CT molecular complexity index is 794. The van der Waals surface area contributed by atoms with E-state index in [1.54, 1.807) is 6.20 Å². The van der Waals surface area contributed by atoms with Gasteiger partial charge in [-0.05, 0) is 55.3 Å². The molecule has 1 atom stereocenters. The van der Waals surface area contributed by atoms with Crippen molar-refractivity contribution < 1.29 is 4.74 Å². The van der Waals surface area contributed by atoms with Crippen molar-refractivity contribution in [2.24, 2.45) is 0 Å². The number of ether oxygens (including phenoxy) is 1. The minimum absolute atomic E-state index is 0.377. The van der Waals surface area contributed by atoms with E-state index in [2.05, 4.69) is 40.4 Å². The zero-order valence-electron chi connectivity index (χ0n) is 11.9. The Balaban J connectivity index is 1.71. The van der Waals surface area contributed by atoms with Gasteiger partial charge >= 0.3 is 0 Å². The minimum Gasteiger partial charge on any atom is -0.457 e. The van der Waals surface area contributed by atoms with Gasteiger partial charge in [0.05, 0.1) is 5.39 Å². The minimum atomic E-state index is 0.377. The van der Waals surface area contributed by atoms with E-state index < -0.39 is 0 Å². The molecule has 2 N–H and O–H groups in total. The van der Waals surface area contributed by atoms with Crippen molar-refractivity contribution in [1.82, 2.24) is 15.3 Å². The molecule has 4 heteroatoms. The molecule has 1 aliphatic rings. The van der Waals surface area contributed by atoms with E-state index in [-0.39, 0.29) is 0 Å². The van der Waals surface area contributed by atoms with Crippen molar-refractivity contribution >= 4 is 11.0 Å². The van der Waals surface area contributed by atoms with E-state index in [9.17, 15) is 0 Å². The Morgan fingerprint density at radius 2 is 2.19 bits per heavy atom. The van der Waals surface area contributed by atoms with Crippen LogP contribution in [0.25, 0.3) is 11.0 Å². The number of benzene rings is 1. The molecule has 0 radical (unpaired) electrons. The molecular formula is C17H17N3O. The first-order valence-corrected chi connectivity index (χ1v) is 7.27.